The van der Waals surface area contributed by atoms with E-state index in [1.165, 1.54) is 0 Å². The Morgan fingerprint density at radius 3 is 2.94 bits per heavy atom. The molecule has 0 aromatic rings. The van der Waals surface area contributed by atoms with Gasteiger partial charge >= 0.3 is 0 Å². The Labute approximate surface area is 96.5 Å². The van der Waals surface area contributed by atoms with Gasteiger partial charge in [0, 0.05) is 45.9 Å². The van der Waals surface area contributed by atoms with Crippen LogP contribution in [-0.2, 0) is 9.53 Å². The van der Waals surface area contributed by atoms with Gasteiger partial charge < -0.3 is 15.4 Å². The Bertz CT molecular complexity index is 223. The molecule has 2 heterocycles. The fourth-order valence-electron chi connectivity index (χ4n) is 2.17. The molecule has 0 aromatic carbocycles. The number of hydrogen-bond acceptors (Lipinski definition) is 4. The molecule has 0 saturated carbocycles. The Morgan fingerprint density at radius 1 is 1.44 bits per heavy atom. The zero-order chi connectivity index (χ0) is 11.2. The van der Waals surface area contributed by atoms with E-state index in [9.17, 15) is 4.79 Å². The van der Waals surface area contributed by atoms with Crippen LogP contribution in [0.25, 0.3) is 0 Å². The van der Waals surface area contributed by atoms with Gasteiger partial charge in [-0.15, -0.1) is 0 Å². The molecule has 2 aliphatic rings. The van der Waals surface area contributed by atoms with E-state index in [1.807, 2.05) is 0 Å². The zero-order valence-electron chi connectivity index (χ0n) is 9.71. The van der Waals surface area contributed by atoms with Gasteiger partial charge in [0.05, 0.1) is 0 Å². The summed E-state index contributed by atoms with van der Waals surface area (Å²) >= 11 is 0. The van der Waals surface area contributed by atoms with Crippen molar-refractivity contribution in [1.29, 1.82) is 0 Å². The van der Waals surface area contributed by atoms with Crippen molar-refractivity contribution < 1.29 is 9.53 Å². The predicted molar refractivity (Wildman–Crippen MR) is 61.3 cm³/mol. The summed E-state index contributed by atoms with van der Waals surface area (Å²) in [5, 5.41) is 6.26. The summed E-state index contributed by atoms with van der Waals surface area (Å²) in [4.78, 5) is 14.0. The monoisotopic (exact) mass is 227 g/mol. The van der Waals surface area contributed by atoms with Crippen molar-refractivity contribution in [3.05, 3.63) is 0 Å². The first kappa shape index (κ1) is 11.8. The Hall–Kier alpha value is -0.650. The van der Waals surface area contributed by atoms with Gasteiger partial charge in [0.2, 0.25) is 5.91 Å². The largest absolute Gasteiger partial charge is 0.368 e. The molecular weight excluding hydrogens is 206 g/mol. The third-order valence-corrected chi connectivity index (χ3v) is 3.16. The summed E-state index contributed by atoms with van der Waals surface area (Å²) < 4.78 is 5.32. The van der Waals surface area contributed by atoms with Crippen molar-refractivity contribution in [2.24, 2.45) is 0 Å². The fraction of sp³-hybridized carbons (Fsp3) is 0.909. The Morgan fingerprint density at radius 2 is 2.25 bits per heavy atom. The first-order valence-electron chi connectivity index (χ1n) is 6.18. The van der Waals surface area contributed by atoms with Crippen LogP contribution in [0.4, 0.5) is 0 Å². The number of piperazine rings is 1. The van der Waals surface area contributed by atoms with Crippen LogP contribution in [0.5, 0.6) is 0 Å². The summed E-state index contributed by atoms with van der Waals surface area (Å²) in [5.41, 5.74) is 0. The Kier molecular flexibility index (Phi) is 4.56. The van der Waals surface area contributed by atoms with Gasteiger partial charge in [0.1, 0.15) is 6.10 Å². The number of amides is 1. The highest BCUT2D eigenvalue weighted by atomic mass is 16.5. The molecule has 0 aromatic heterocycles. The predicted octanol–water partition coefficient (Wildman–Crippen LogP) is -0.813. The molecule has 0 radical (unpaired) electrons. The van der Waals surface area contributed by atoms with E-state index in [0.29, 0.717) is 0 Å². The van der Waals surface area contributed by atoms with Crippen LogP contribution in [-0.4, -0.2) is 62.8 Å². The number of hydrogen-bond donors (Lipinski definition) is 2. The summed E-state index contributed by atoms with van der Waals surface area (Å²) in [6.07, 6.45) is 1.69. The lowest BCUT2D eigenvalue weighted by Crippen LogP contribution is -2.47. The van der Waals surface area contributed by atoms with Crippen molar-refractivity contribution in [2.75, 3.05) is 45.9 Å². The minimum Gasteiger partial charge on any atom is -0.368 e. The van der Waals surface area contributed by atoms with Gasteiger partial charge in [-0.2, -0.15) is 0 Å². The van der Waals surface area contributed by atoms with Crippen molar-refractivity contribution in [3.63, 3.8) is 0 Å². The molecule has 92 valence electrons. The lowest BCUT2D eigenvalue weighted by Gasteiger charge is -2.27. The van der Waals surface area contributed by atoms with Crippen LogP contribution in [0.15, 0.2) is 0 Å². The van der Waals surface area contributed by atoms with Gasteiger partial charge in [-0.1, -0.05) is 0 Å². The van der Waals surface area contributed by atoms with Gasteiger partial charge in [0.25, 0.3) is 0 Å². The van der Waals surface area contributed by atoms with Crippen molar-refractivity contribution in [1.82, 2.24) is 15.5 Å². The van der Waals surface area contributed by atoms with Gasteiger partial charge in [-0.05, 0) is 12.8 Å². The average Bonchev–Trinajstić information content (AvgIpc) is 2.84. The van der Waals surface area contributed by atoms with E-state index in [1.54, 1.807) is 0 Å². The number of nitrogens with one attached hydrogen (secondary N) is 2. The molecule has 1 amide bonds. The van der Waals surface area contributed by atoms with Crippen LogP contribution in [0.3, 0.4) is 0 Å². The van der Waals surface area contributed by atoms with Crippen LogP contribution in [0, 0.1) is 0 Å². The highest BCUT2D eigenvalue weighted by Gasteiger charge is 2.23. The Balaban J connectivity index is 1.57. The smallest absolute Gasteiger partial charge is 0.249 e. The molecule has 5 nitrogen and oxygen atoms in total. The molecule has 0 aliphatic carbocycles. The number of nitrogens with zero attached hydrogens (tertiary/aromatic N) is 1. The second kappa shape index (κ2) is 6.18. The molecule has 2 saturated heterocycles. The number of rotatable bonds is 4. The van der Waals surface area contributed by atoms with Gasteiger partial charge in [-0.3, -0.25) is 9.69 Å². The molecule has 16 heavy (non-hydrogen) atoms. The minimum atomic E-state index is -0.192. The number of carbonyl (C=O) groups excluding carboxylic acids is 1. The van der Waals surface area contributed by atoms with E-state index in [4.69, 9.17) is 4.74 Å². The summed E-state index contributed by atoms with van der Waals surface area (Å²) in [6, 6.07) is 0. The second-order valence-electron chi connectivity index (χ2n) is 4.38. The number of carbonyl (C=O) groups is 1. The fourth-order valence-corrected chi connectivity index (χ4v) is 2.17. The maximum absolute atomic E-state index is 11.6. The maximum atomic E-state index is 11.6. The van der Waals surface area contributed by atoms with Crippen molar-refractivity contribution in [3.8, 4) is 0 Å². The normalized spacial score (nSPS) is 26.9. The molecule has 0 bridgehead atoms. The highest BCUT2D eigenvalue weighted by Crippen LogP contribution is 2.11. The molecule has 2 rings (SSSR count). The SMILES string of the molecule is O=C(NCCN1CCNCC1)C1CCCO1. The standard InChI is InChI=1S/C11H21N3O2/c15-11(10-2-1-9-16-10)13-5-8-14-6-3-12-4-7-14/h10,12H,1-9H2,(H,13,15). The van der Waals surface area contributed by atoms with Crippen LogP contribution >= 0.6 is 0 Å². The lowest BCUT2D eigenvalue weighted by molar-refractivity contribution is -0.130. The maximum Gasteiger partial charge on any atom is 0.249 e. The number of ether oxygens (including phenoxy) is 1. The van der Waals surface area contributed by atoms with Crippen molar-refractivity contribution in [2.45, 2.75) is 18.9 Å². The van der Waals surface area contributed by atoms with E-state index in [2.05, 4.69) is 15.5 Å². The van der Waals surface area contributed by atoms with Gasteiger partial charge in [-0.25, -0.2) is 0 Å². The summed E-state index contributed by atoms with van der Waals surface area (Å²) in [6.45, 7) is 6.68. The quantitative estimate of drug-likeness (QED) is 0.659. The zero-order valence-corrected chi connectivity index (χ0v) is 9.71. The second-order valence-corrected chi connectivity index (χ2v) is 4.38. The van der Waals surface area contributed by atoms with Crippen LogP contribution < -0.4 is 10.6 Å². The molecule has 2 fully saturated rings. The van der Waals surface area contributed by atoms with Crippen LogP contribution in [0.2, 0.25) is 0 Å². The minimum absolute atomic E-state index is 0.0626. The molecular formula is C11H21N3O2. The third kappa shape index (κ3) is 3.43. The van der Waals surface area contributed by atoms with E-state index < -0.39 is 0 Å². The lowest BCUT2D eigenvalue weighted by atomic mass is 10.2. The van der Waals surface area contributed by atoms with E-state index in [-0.39, 0.29) is 12.0 Å². The van der Waals surface area contributed by atoms with Crippen LogP contribution in [0.1, 0.15) is 12.8 Å². The first-order chi connectivity index (χ1) is 7.86. The summed E-state index contributed by atoms with van der Waals surface area (Å²) in [7, 11) is 0. The molecule has 5 heteroatoms. The van der Waals surface area contributed by atoms with Crippen molar-refractivity contribution >= 4 is 5.91 Å². The molecule has 1 unspecified atom stereocenters. The highest BCUT2D eigenvalue weighted by molar-refractivity contribution is 5.80. The van der Waals surface area contributed by atoms with Gasteiger partial charge in [0.15, 0.2) is 0 Å². The third-order valence-electron chi connectivity index (χ3n) is 3.16. The first-order valence-corrected chi connectivity index (χ1v) is 6.18. The molecule has 2 aliphatic heterocycles. The average molecular weight is 227 g/mol. The summed E-state index contributed by atoms with van der Waals surface area (Å²) in [5.74, 6) is 0.0626. The van der Waals surface area contributed by atoms with E-state index in [0.717, 1.165) is 58.7 Å². The molecule has 2 N–H and O–H groups in total. The topological polar surface area (TPSA) is 53.6 Å². The molecule has 0 spiro atoms. The molecule has 1 atom stereocenters. The van der Waals surface area contributed by atoms with E-state index >= 15 is 0 Å².